The topological polar surface area (TPSA) is 75.4 Å². The number of hydrogen-bond acceptors (Lipinski definition) is 5. The molecule has 1 aromatic heterocycles. The summed E-state index contributed by atoms with van der Waals surface area (Å²) < 4.78 is 5.17. The van der Waals surface area contributed by atoms with Gasteiger partial charge in [0.1, 0.15) is 5.76 Å². The first kappa shape index (κ1) is 17.6. The van der Waals surface area contributed by atoms with Crippen LogP contribution in [0.2, 0.25) is 0 Å². The summed E-state index contributed by atoms with van der Waals surface area (Å²) in [5, 5.41) is 15.8. The van der Waals surface area contributed by atoms with Crippen molar-refractivity contribution in [1.82, 2.24) is 10.5 Å². The van der Waals surface area contributed by atoms with Crippen molar-refractivity contribution in [2.24, 2.45) is 0 Å². The standard InChI is InChI=1S/C17H22N2O3S/c1-11(8-9-20)18-17(21)14-6-4-5-7-16(14)23-10-15-12(2)19-22-13(15)3/h4-7,11,20H,8-10H2,1-3H3,(H,18,21). The van der Waals surface area contributed by atoms with E-state index in [2.05, 4.69) is 10.5 Å². The summed E-state index contributed by atoms with van der Waals surface area (Å²) in [7, 11) is 0. The molecule has 1 heterocycles. The lowest BCUT2D eigenvalue weighted by Gasteiger charge is -2.14. The highest BCUT2D eigenvalue weighted by atomic mass is 32.2. The van der Waals surface area contributed by atoms with Crippen molar-refractivity contribution in [3.05, 3.63) is 46.8 Å². The van der Waals surface area contributed by atoms with E-state index in [1.54, 1.807) is 11.8 Å². The third kappa shape index (κ3) is 4.59. The number of aliphatic hydroxyl groups excluding tert-OH is 1. The number of rotatable bonds is 7. The Bertz CT molecular complexity index is 650. The summed E-state index contributed by atoms with van der Waals surface area (Å²) in [6.07, 6.45) is 0.542. The maximum Gasteiger partial charge on any atom is 0.252 e. The summed E-state index contributed by atoms with van der Waals surface area (Å²) in [5.74, 6) is 1.40. The van der Waals surface area contributed by atoms with Gasteiger partial charge in [-0.25, -0.2) is 0 Å². The first-order chi connectivity index (χ1) is 11.0. The number of carbonyl (C=O) groups is 1. The number of aromatic nitrogens is 1. The molecule has 1 atom stereocenters. The molecule has 2 aromatic rings. The average Bonchev–Trinajstić information content (AvgIpc) is 2.84. The van der Waals surface area contributed by atoms with Crippen LogP contribution in [0.4, 0.5) is 0 Å². The number of nitrogens with zero attached hydrogens (tertiary/aromatic N) is 1. The highest BCUT2D eigenvalue weighted by molar-refractivity contribution is 7.98. The zero-order valence-electron chi connectivity index (χ0n) is 13.6. The molecule has 124 valence electrons. The Morgan fingerprint density at radius 1 is 1.39 bits per heavy atom. The second-order valence-electron chi connectivity index (χ2n) is 5.47. The van der Waals surface area contributed by atoms with Crippen molar-refractivity contribution < 1.29 is 14.4 Å². The number of benzene rings is 1. The Morgan fingerprint density at radius 2 is 2.13 bits per heavy atom. The number of aryl methyl sites for hydroxylation is 2. The maximum absolute atomic E-state index is 12.4. The molecule has 0 aliphatic carbocycles. The number of amides is 1. The fourth-order valence-corrected chi connectivity index (χ4v) is 3.41. The number of nitrogens with one attached hydrogen (secondary N) is 1. The summed E-state index contributed by atoms with van der Waals surface area (Å²) >= 11 is 1.59. The summed E-state index contributed by atoms with van der Waals surface area (Å²) in [6.45, 7) is 5.75. The first-order valence-corrected chi connectivity index (χ1v) is 8.56. The summed E-state index contributed by atoms with van der Waals surface area (Å²) in [5.41, 5.74) is 2.60. The largest absolute Gasteiger partial charge is 0.396 e. The molecule has 0 aliphatic heterocycles. The second kappa shape index (κ2) is 8.17. The molecule has 0 spiro atoms. The van der Waals surface area contributed by atoms with Crippen molar-refractivity contribution in [1.29, 1.82) is 0 Å². The first-order valence-electron chi connectivity index (χ1n) is 7.58. The molecule has 1 amide bonds. The predicted octanol–water partition coefficient (Wildman–Crippen LogP) is 3.08. The number of carbonyl (C=O) groups excluding carboxylic acids is 1. The summed E-state index contributed by atoms with van der Waals surface area (Å²) in [4.78, 5) is 13.3. The fourth-order valence-electron chi connectivity index (χ4n) is 2.21. The van der Waals surface area contributed by atoms with Gasteiger partial charge in [-0.05, 0) is 39.3 Å². The molecule has 0 fully saturated rings. The van der Waals surface area contributed by atoms with Crippen molar-refractivity contribution in [3.8, 4) is 0 Å². The van der Waals surface area contributed by atoms with Crippen molar-refractivity contribution in [3.63, 3.8) is 0 Å². The zero-order valence-corrected chi connectivity index (χ0v) is 14.4. The molecule has 6 heteroatoms. The highest BCUT2D eigenvalue weighted by Crippen LogP contribution is 2.28. The molecule has 1 aromatic carbocycles. The van der Waals surface area contributed by atoms with Gasteiger partial charge in [-0.15, -0.1) is 11.8 Å². The molecule has 23 heavy (non-hydrogen) atoms. The van der Waals surface area contributed by atoms with Gasteiger partial charge in [0.2, 0.25) is 0 Å². The fraction of sp³-hybridized carbons (Fsp3) is 0.412. The third-order valence-electron chi connectivity index (χ3n) is 3.62. The van der Waals surface area contributed by atoms with E-state index < -0.39 is 0 Å². The Morgan fingerprint density at radius 3 is 2.78 bits per heavy atom. The van der Waals surface area contributed by atoms with Gasteiger partial charge < -0.3 is 14.9 Å². The Balaban J connectivity index is 2.10. The normalized spacial score (nSPS) is 12.2. The van der Waals surface area contributed by atoms with E-state index in [0.29, 0.717) is 17.7 Å². The molecule has 0 aliphatic rings. The van der Waals surface area contributed by atoms with E-state index in [-0.39, 0.29) is 18.6 Å². The van der Waals surface area contributed by atoms with E-state index in [1.807, 2.05) is 45.0 Å². The summed E-state index contributed by atoms with van der Waals surface area (Å²) in [6, 6.07) is 7.47. The van der Waals surface area contributed by atoms with Crippen molar-refractivity contribution in [2.45, 2.75) is 43.9 Å². The monoisotopic (exact) mass is 334 g/mol. The van der Waals surface area contributed by atoms with Gasteiger partial charge in [0.25, 0.3) is 5.91 Å². The van der Waals surface area contributed by atoms with E-state index in [1.165, 1.54) is 0 Å². The molecule has 0 radical (unpaired) electrons. The molecule has 0 saturated carbocycles. The quantitative estimate of drug-likeness (QED) is 0.761. The Hall–Kier alpha value is -1.79. The van der Waals surface area contributed by atoms with E-state index >= 15 is 0 Å². The number of hydrogen-bond donors (Lipinski definition) is 2. The van der Waals surface area contributed by atoms with Crippen LogP contribution in [0, 0.1) is 13.8 Å². The van der Waals surface area contributed by atoms with Crippen LogP contribution < -0.4 is 5.32 Å². The smallest absolute Gasteiger partial charge is 0.252 e. The maximum atomic E-state index is 12.4. The van der Waals surface area contributed by atoms with Gasteiger partial charge in [-0.2, -0.15) is 0 Å². The Labute approximate surface area is 140 Å². The molecule has 1 unspecified atom stereocenters. The lowest BCUT2D eigenvalue weighted by Crippen LogP contribution is -2.33. The molecule has 0 bridgehead atoms. The van der Waals surface area contributed by atoms with Gasteiger partial charge >= 0.3 is 0 Å². The minimum atomic E-state index is -0.118. The van der Waals surface area contributed by atoms with Gasteiger partial charge in [-0.3, -0.25) is 4.79 Å². The van der Waals surface area contributed by atoms with Gasteiger partial charge in [0.05, 0.1) is 11.3 Å². The molecule has 0 saturated heterocycles. The lowest BCUT2D eigenvalue weighted by atomic mass is 10.2. The van der Waals surface area contributed by atoms with E-state index in [4.69, 9.17) is 9.63 Å². The van der Waals surface area contributed by atoms with Crippen molar-refractivity contribution >= 4 is 17.7 Å². The van der Waals surface area contributed by atoms with E-state index in [9.17, 15) is 4.79 Å². The second-order valence-corrected chi connectivity index (χ2v) is 6.49. The van der Waals surface area contributed by atoms with Gasteiger partial charge in [-0.1, -0.05) is 17.3 Å². The van der Waals surface area contributed by atoms with Crippen LogP contribution in [0.3, 0.4) is 0 Å². The predicted molar refractivity (Wildman–Crippen MR) is 90.6 cm³/mol. The molecule has 5 nitrogen and oxygen atoms in total. The molecule has 2 N–H and O–H groups in total. The SMILES string of the molecule is Cc1noc(C)c1CSc1ccccc1C(=O)NC(C)CCO. The number of thioether (sulfide) groups is 1. The minimum absolute atomic E-state index is 0.0594. The van der Waals surface area contributed by atoms with Gasteiger partial charge in [0, 0.05) is 28.9 Å². The zero-order chi connectivity index (χ0) is 16.8. The van der Waals surface area contributed by atoms with Crippen LogP contribution in [0.1, 0.15) is 40.7 Å². The molecular formula is C17H22N2O3S. The van der Waals surface area contributed by atoms with Crippen LogP contribution in [0.25, 0.3) is 0 Å². The minimum Gasteiger partial charge on any atom is -0.396 e. The van der Waals surface area contributed by atoms with Crippen molar-refractivity contribution in [2.75, 3.05) is 6.61 Å². The van der Waals surface area contributed by atoms with Crippen LogP contribution in [-0.2, 0) is 5.75 Å². The average molecular weight is 334 g/mol. The van der Waals surface area contributed by atoms with Crippen LogP contribution in [-0.4, -0.2) is 28.8 Å². The van der Waals surface area contributed by atoms with Crippen LogP contribution in [0.15, 0.2) is 33.7 Å². The number of aliphatic hydroxyl groups is 1. The molecular weight excluding hydrogens is 312 g/mol. The highest BCUT2D eigenvalue weighted by Gasteiger charge is 2.15. The van der Waals surface area contributed by atoms with E-state index in [0.717, 1.165) is 21.9 Å². The Kier molecular flexibility index (Phi) is 6.24. The third-order valence-corrected chi connectivity index (χ3v) is 4.72. The lowest BCUT2D eigenvalue weighted by molar-refractivity contribution is 0.0931. The van der Waals surface area contributed by atoms with Gasteiger partial charge in [0.15, 0.2) is 0 Å². The van der Waals surface area contributed by atoms with Crippen LogP contribution >= 0.6 is 11.8 Å². The molecule has 2 rings (SSSR count). The van der Waals surface area contributed by atoms with Crippen LogP contribution in [0.5, 0.6) is 0 Å².